The van der Waals surface area contributed by atoms with E-state index < -0.39 is 10.0 Å². The highest BCUT2D eigenvalue weighted by Gasteiger charge is 2.19. The third-order valence-electron chi connectivity index (χ3n) is 3.53. The van der Waals surface area contributed by atoms with Gasteiger partial charge in [0, 0.05) is 17.3 Å². The van der Waals surface area contributed by atoms with Crippen LogP contribution in [0.15, 0.2) is 41.3 Å². The monoisotopic (exact) mass is 333 g/mol. The van der Waals surface area contributed by atoms with Crippen LogP contribution in [0.2, 0.25) is 0 Å². The van der Waals surface area contributed by atoms with Gasteiger partial charge in [-0.15, -0.1) is 0 Å². The third kappa shape index (κ3) is 3.71. The van der Waals surface area contributed by atoms with Crippen LogP contribution in [-0.4, -0.2) is 21.3 Å². The second-order valence-electron chi connectivity index (χ2n) is 5.33. The molecule has 0 bridgehead atoms. The summed E-state index contributed by atoms with van der Waals surface area (Å²) in [5, 5.41) is 0. The molecule has 0 heterocycles. The molecule has 0 fully saturated rings. The van der Waals surface area contributed by atoms with Gasteiger partial charge in [0.15, 0.2) is 5.78 Å². The number of ether oxygens (including phenoxy) is 1. The van der Waals surface area contributed by atoms with Crippen LogP contribution >= 0.6 is 0 Å². The number of sulfonamides is 1. The first-order valence-electron chi connectivity index (χ1n) is 7.03. The number of hydrogen-bond acceptors (Lipinski definition) is 4. The highest BCUT2D eigenvalue weighted by atomic mass is 32.2. The lowest BCUT2D eigenvalue weighted by Gasteiger charge is -2.13. The maximum absolute atomic E-state index is 12.6. The first-order chi connectivity index (χ1) is 10.7. The summed E-state index contributed by atoms with van der Waals surface area (Å²) in [6.45, 7) is 5.05. The summed E-state index contributed by atoms with van der Waals surface area (Å²) < 4.78 is 32.9. The van der Waals surface area contributed by atoms with Crippen LogP contribution in [0, 0.1) is 13.8 Å². The van der Waals surface area contributed by atoms with Crippen LogP contribution in [0.25, 0.3) is 0 Å². The molecule has 0 atom stereocenters. The Hall–Kier alpha value is -2.34. The van der Waals surface area contributed by atoms with Crippen molar-refractivity contribution in [3.8, 4) is 5.75 Å². The van der Waals surface area contributed by atoms with Gasteiger partial charge < -0.3 is 4.74 Å². The normalized spacial score (nSPS) is 11.1. The van der Waals surface area contributed by atoms with Gasteiger partial charge in [-0.3, -0.25) is 9.52 Å². The van der Waals surface area contributed by atoms with Gasteiger partial charge in [-0.2, -0.15) is 0 Å². The number of benzene rings is 2. The Labute approximate surface area is 136 Å². The van der Waals surface area contributed by atoms with E-state index in [-0.39, 0.29) is 10.7 Å². The number of Topliss-reactive ketones (excluding diaryl/α,β-unsaturated/α-hetero) is 1. The van der Waals surface area contributed by atoms with Crippen molar-refractivity contribution in [2.45, 2.75) is 25.7 Å². The van der Waals surface area contributed by atoms with Crippen LogP contribution in [0.3, 0.4) is 0 Å². The minimum atomic E-state index is -3.74. The molecule has 0 saturated heterocycles. The third-order valence-corrected chi connectivity index (χ3v) is 5.05. The quantitative estimate of drug-likeness (QED) is 0.852. The molecule has 0 aliphatic carbocycles. The molecule has 0 amide bonds. The van der Waals surface area contributed by atoms with E-state index in [0.29, 0.717) is 22.6 Å². The van der Waals surface area contributed by atoms with E-state index in [9.17, 15) is 13.2 Å². The highest BCUT2D eigenvalue weighted by Crippen LogP contribution is 2.27. The molecule has 2 aromatic rings. The van der Waals surface area contributed by atoms with Crippen molar-refractivity contribution in [2.75, 3.05) is 11.8 Å². The second-order valence-corrected chi connectivity index (χ2v) is 6.98. The molecule has 0 aliphatic heterocycles. The van der Waals surface area contributed by atoms with Gasteiger partial charge in [0.2, 0.25) is 0 Å². The topological polar surface area (TPSA) is 72.5 Å². The Balaban J connectivity index is 2.37. The number of ketones is 1. The van der Waals surface area contributed by atoms with Crippen LogP contribution in [0.5, 0.6) is 5.75 Å². The second kappa shape index (κ2) is 6.42. The van der Waals surface area contributed by atoms with E-state index in [4.69, 9.17) is 4.74 Å². The Morgan fingerprint density at radius 1 is 1.04 bits per heavy atom. The fourth-order valence-electron chi connectivity index (χ4n) is 2.31. The molecule has 5 nitrogen and oxygen atoms in total. The summed E-state index contributed by atoms with van der Waals surface area (Å²) in [5.74, 6) is 0.446. The number of methoxy groups -OCH3 is 1. The average molecular weight is 333 g/mol. The Morgan fingerprint density at radius 2 is 1.65 bits per heavy atom. The number of carbonyl (C=O) groups is 1. The van der Waals surface area contributed by atoms with E-state index in [1.807, 2.05) is 6.92 Å². The van der Waals surface area contributed by atoms with Gasteiger partial charge in [-0.1, -0.05) is 6.07 Å². The molecule has 0 aliphatic rings. The van der Waals surface area contributed by atoms with Crippen molar-refractivity contribution in [1.29, 1.82) is 0 Å². The molecule has 0 aromatic heterocycles. The predicted molar refractivity (Wildman–Crippen MR) is 89.7 cm³/mol. The van der Waals surface area contributed by atoms with Crippen molar-refractivity contribution in [2.24, 2.45) is 0 Å². The van der Waals surface area contributed by atoms with Crippen LogP contribution in [0.4, 0.5) is 5.69 Å². The summed E-state index contributed by atoms with van der Waals surface area (Å²) >= 11 is 0. The van der Waals surface area contributed by atoms with E-state index in [2.05, 4.69) is 4.72 Å². The zero-order valence-corrected chi connectivity index (χ0v) is 14.3. The van der Waals surface area contributed by atoms with E-state index in [0.717, 1.165) is 5.56 Å². The molecular weight excluding hydrogens is 314 g/mol. The standard InChI is InChI=1S/C17H19NO4S/c1-11-9-12(2)17(10-16(11)22-4)23(20,21)18-15-7-5-14(6-8-15)13(3)19/h5-10,18H,1-4H3. The molecule has 0 saturated carbocycles. The van der Waals surface area contributed by atoms with Gasteiger partial charge in [-0.05, 0) is 56.2 Å². The molecule has 23 heavy (non-hydrogen) atoms. The van der Waals surface area contributed by atoms with Crippen molar-refractivity contribution >= 4 is 21.5 Å². The number of nitrogens with one attached hydrogen (secondary N) is 1. The Bertz CT molecular complexity index is 840. The fourth-order valence-corrected chi connectivity index (χ4v) is 3.61. The van der Waals surface area contributed by atoms with E-state index in [1.165, 1.54) is 20.1 Å². The molecule has 0 radical (unpaired) electrons. The molecule has 0 unspecified atom stereocenters. The summed E-state index contributed by atoms with van der Waals surface area (Å²) in [6.07, 6.45) is 0. The van der Waals surface area contributed by atoms with E-state index >= 15 is 0 Å². The number of carbonyl (C=O) groups excluding carboxylic acids is 1. The van der Waals surface area contributed by atoms with Crippen molar-refractivity contribution < 1.29 is 17.9 Å². The van der Waals surface area contributed by atoms with Gasteiger partial charge >= 0.3 is 0 Å². The minimum Gasteiger partial charge on any atom is -0.496 e. The summed E-state index contributed by atoms with van der Waals surface area (Å²) in [7, 11) is -2.24. The highest BCUT2D eigenvalue weighted by molar-refractivity contribution is 7.92. The first-order valence-corrected chi connectivity index (χ1v) is 8.52. The molecule has 2 rings (SSSR count). The van der Waals surface area contributed by atoms with Crippen LogP contribution < -0.4 is 9.46 Å². The molecular formula is C17H19NO4S. The largest absolute Gasteiger partial charge is 0.496 e. The SMILES string of the molecule is COc1cc(S(=O)(=O)Nc2ccc(C(C)=O)cc2)c(C)cc1C. The smallest absolute Gasteiger partial charge is 0.262 e. The average Bonchev–Trinajstić information content (AvgIpc) is 2.47. The van der Waals surface area contributed by atoms with Gasteiger partial charge in [0.05, 0.1) is 12.0 Å². The maximum atomic E-state index is 12.6. The maximum Gasteiger partial charge on any atom is 0.262 e. The van der Waals surface area contributed by atoms with Crippen LogP contribution in [-0.2, 0) is 10.0 Å². The summed E-state index contributed by atoms with van der Waals surface area (Å²) in [4.78, 5) is 11.4. The number of rotatable bonds is 5. The van der Waals surface area contributed by atoms with E-state index in [1.54, 1.807) is 37.3 Å². The zero-order chi connectivity index (χ0) is 17.2. The lowest BCUT2D eigenvalue weighted by atomic mass is 10.1. The molecule has 0 spiro atoms. The van der Waals surface area contributed by atoms with Gasteiger partial charge in [-0.25, -0.2) is 8.42 Å². The predicted octanol–water partition coefficient (Wildman–Crippen LogP) is 3.32. The lowest BCUT2D eigenvalue weighted by Crippen LogP contribution is -2.14. The fraction of sp³-hybridized carbons (Fsp3) is 0.235. The number of anilines is 1. The van der Waals surface area contributed by atoms with Crippen molar-refractivity contribution in [3.05, 3.63) is 53.1 Å². The van der Waals surface area contributed by atoms with Gasteiger partial charge in [0.1, 0.15) is 5.75 Å². The lowest BCUT2D eigenvalue weighted by molar-refractivity contribution is 0.101. The minimum absolute atomic E-state index is 0.0708. The van der Waals surface area contributed by atoms with Crippen molar-refractivity contribution in [1.82, 2.24) is 0 Å². The van der Waals surface area contributed by atoms with Gasteiger partial charge in [0.25, 0.3) is 10.0 Å². The molecule has 6 heteroatoms. The summed E-state index contributed by atoms with van der Waals surface area (Å²) in [5.41, 5.74) is 2.43. The van der Waals surface area contributed by atoms with Crippen molar-refractivity contribution in [3.63, 3.8) is 0 Å². The van der Waals surface area contributed by atoms with Crippen LogP contribution in [0.1, 0.15) is 28.4 Å². The molecule has 1 N–H and O–H groups in total. The zero-order valence-electron chi connectivity index (χ0n) is 13.5. The molecule has 2 aromatic carbocycles. The first kappa shape index (κ1) is 17.0. The Morgan fingerprint density at radius 3 is 2.17 bits per heavy atom. The molecule has 122 valence electrons. The number of aryl methyl sites for hydroxylation is 2. The summed E-state index contributed by atoms with van der Waals surface area (Å²) in [6, 6.07) is 9.58. The number of hydrogen-bond donors (Lipinski definition) is 1. The Kier molecular flexibility index (Phi) is 4.75.